The molecule has 0 bridgehead atoms. The van der Waals surface area contributed by atoms with E-state index in [1.807, 2.05) is 13.1 Å². The van der Waals surface area contributed by atoms with E-state index < -0.39 is 5.41 Å². The topological polar surface area (TPSA) is 48.0 Å². The second-order valence-corrected chi connectivity index (χ2v) is 14.0. The SMILES string of the molecule is Cc1cc(C)n(-c2cccc(C3(c4cc(-c5cc(C(C)(C)C)ccn5)n5c(C)c(C)nc5c4)c4ccccc4-c4ccccc43)c2)n1. The number of fused-ring (bicyclic) bond motifs is 4. The summed E-state index contributed by atoms with van der Waals surface area (Å²) in [7, 11) is 0. The first-order chi connectivity index (χ1) is 22.6. The van der Waals surface area contributed by atoms with Crippen LogP contribution in [0.15, 0.2) is 109 Å². The fourth-order valence-corrected chi connectivity index (χ4v) is 7.66. The van der Waals surface area contributed by atoms with E-state index in [0.717, 1.165) is 51.1 Å². The summed E-state index contributed by atoms with van der Waals surface area (Å²) in [5.74, 6) is 0. The van der Waals surface area contributed by atoms with Gasteiger partial charge in [-0.1, -0.05) is 81.4 Å². The van der Waals surface area contributed by atoms with Gasteiger partial charge in [0.1, 0.15) is 5.65 Å². The lowest BCUT2D eigenvalue weighted by atomic mass is 9.67. The molecule has 0 N–H and O–H groups in total. The molecule has 0 radical (unpaired) electrons. The number of rotatable bonds is 4. The standard InChI is InChI=1S/C42H39N5/c1-26-21-27(2)47(45-26)33-14-12-13-31(22-33)42(36-17-10-8-15-34(36)35-16-9-11-18-37(35)42)32-24-39(46-29(4)28(3)44-40(46)25-32)38-23-30(19-20-43-38)41(5,6)7/h8-25H,1-7H3. The van der Waals surface area contributed by atoms with Crippen LogP contribution in [0.1, 0.15) is 71.4 Å². The maximum absolute atomic E-state index is 5.14. The van der Waals surface area contributed by atoms with E-state index in [-0.39, 0.29) is 5.41 Å². The van der Waals surface area contributed by atoms with Crippen LogP contribution in [0, 0.1) is 27.7 Å². The van der Waals surface area contributed by atoms with Crippen molar-refractivity contribution in [2.45, 2.75) is 59.3 Å². The molecular weight excluding hydrogens is 574 g/mol. The maximum atomic E-state index is 5.14. The zero-order valence-electron chi connectivity index (χ0n) is 28.1. The highest BCUT2D eigenvalue weighted by Gasteiger charge is 2.46. The Morgan fingerprint density at radius 1 is 0.681 bits per heavy atom. The molecule has 8 rings (SSSR count). The van der Waals surface area contributed by atoms with Crippen LogP contribution < -0.4 is 0 Å². The van der Waals surface area contributed by atoms with E-state index in [0.29, 0.717) is 0 Å². The van der Waals surface area contributed by atoms with Crippen LogP contribution in [0.5, 0.6) is 0 Å². The van der Waals surface area contributed by atoms with E-state index in [1.165, 1.54) is 33.4 Å². The van der Waals surface area contributed by atoms with Gasteiger partial charge in [-0.2, -0.15) is 5.10 Å². The van der Waals surface area contributed by atoms with Crippen molar-refractivity contribution in [2.24, 2.45) is 0 Å². The van der Waals surface area contributed by atoms with E-state index in [9.17, 15) is 0 Å². The normalized spacial score (nSPS) is 13.6. The molecule has 1 aliphatic carbocycles. The second kappa shape index (κ2) is 10.4. The van der Waals surface area contributed by atoms with Crippen LogP contribution in [0.2, 0.25) is 0 Å². The monoisotopic (exact) mass is 613 g/mol. The second-order valence-electron chi connectivity index (χ2n) is 14.0. The number of nitrogens with zero attached hydrogens (tertiary/aromatic N) is 5. The van der Waals surface area contributed by atoms with E-state index in [1.54, 1.807) is 0 Å². The van der Waals surface area contributed by atoms with Crippen molar-refractivity contribution in [1.82, 2.24) is 24.1 Å². The maximum Gasteiger partial charge on any atom is 0.138 e. The number of aryl methyl sites for hydroxylation is 4. The van der Waals surface area contributed by atoms with Crippen LogP contribution in [0.25, 0.3) is 33.8 Å². The summed E-state index contributed by atoms with van der Waals surface area (Å²) in [5.41, 5.74) is 16.2. The van der Waals surface area contributed by atoms with Gasteiger partial charge in [0.2, 0.25) is 0 Å². The third kappa shape index (κ3) is 4.33. The first-order valence-corrected chi connectivity index (χ1v) is 16.4. The summed E-state index contributed by atoms with van der Waals surface area (Å²) in [6.07, 6.45) is 1.95. The van der Waals surface area contributed by atoms with Crippen LogP contribution in [-0.4, -0.2) is 24.1 Å². The lowest BCUT2D eigenvalue weighted by Crippen LogP contribution is -2.29. The van der Waals surface area contributed by atoms with Gasteiger partial charge in [0, 0.05) is 17.6 Å². The van der Waals surface area contributed by atoms with E-state index in [2.05, 4.69) is 154 Å². The molecule has 3 aromatic carbocycles. The summed E-state index contributed by atoms with van der Waals surface area (Å²) < 4.78 is 4.33. The van der Waals surface area contributed by atoms with Gasteiger partial charge in [-0.25, -0.2) is 9.67 Å². The number of hydrogen-bond acceptors (Lipinski definition) is 3. The smallest absolute Gasteiger partial charge is 0.138 e. The fourth-order valence-electron chi connectivity index (χ4n) is 7.66. The highest BCUT2D eigenvalue weighted by molar-refractivity contribution is 5.87. The zero-order valence-corrected chi connectivity index (χ0v) is 28.1. The Bertz CT molecular complexity index is 2300. The summed E-state index contributed by atoms with van der Waals surface area (Å²) in [6, 6.07) is 37.9. The van der Waals surface area contributed by atoms with Crippen LogP contribution in [0.4, 0.5) is 0 Å². The molecule has 232 valence electrons. The van der Waals surface area contributed by atoms with Gasteiger partial charge in [-0.3, -0.25) is 9.38 Å². The van der Waals surface area contributed by atoms with Crippen molar-refractivity contribution < 1.29 is 0 Å². The Morgan fingerprint density at radius 2 is 1.38 bits per heavy atom. The summed E-state index contributed by atoms with van der Waals surface area (Å²) >= 11 is 0. The Hall–Kier alpha value is -5.29. The van der Waals surface area contributed by atoms with Crippen LogP contribution >= 0.6 is 0 Å². The first-order valence-electron chi connectivity index (χ1n) is 16.4. The molecule has 0 atom stereocenters. The Balaban J connectivity index is 1.50. The van der Waals surface area contributed by atoms with Crippen molar-refractivity contribution in [1.29, 1.82) is 0 Å². The molecule has 0 aliphatic heterocycles. The Kier molecular flexibility index (Phi) is 6.42. The molecule has 4 heterocycles. The largest absolute Gasteiger partial charge is 0.295 e. The first kappa shape index (κ1) is 29.1. The third-order valence-corrected chi connectivity index (χ3v) is 10.00. The molecule has 5 heteroatoms. The molecule has 0 amide bonds. The van der Waals surface area contributed by atoms with Crippen LogP contribution in [0.3, 0.4) is 0 Å². The number of pyridine rings is 2. The highest BCUT2D eigenvalue weighted by atomic mass is 15.3. The molecule has 47 heavy (non-hydrogen) atoms. The average Bonchev–Trinajstić information content (AvgIpc) is 3.68. The summed E-state index contributed by atoms with van der Waals surface area (Å²) in [5, 5.41) is 4.86. The predicted octanol–water partition coefficient (Wildman–Crippen LogP) is 9.48. The van der Waals surface area contributed by atoms with Gasteiger partial charge < -0.3 is 0 Å². The predicted molar refractivity (Wildman–Crippen MR) is 190 cm³/mol. The Morgan fingerprint density at radius 3 is 2.04 bits per heavy atom. The lowest BCUT2D eigenvalue weighted by molar-refractivity contribution is 0.589. The van der Waals surface area contributed by atoms with Crippen LogP contribution in [-0.2, 0) is 10.8 Å². The molecule has 0 unspecified atom stereocenters. The van der Waals surface area contributed by atoms with Crippen molar-refractivity contribution >= 4 is 5.65 Å². The summed E-state index contributed by atoms with van der Waals surface area (Å²) in [4.78, 5) is 10.1. The van der Waals surface area contributed by atoms with Gasteiger partial charge in [-0.05, 0) is 115 Å². The zero-order chi connectivity index (χ0) is 32.7. The van der Waals surface area contributed by atoms with Crippen molar-refractivity contribution in [3.63, 3.8) is 0 Å². The molecule has 0 spiro atoms. The average molecular weight is 614 g/mol. The third-order valence-electron chi connectivity index (χ3n) is 10.00. The van der Waals surface area contributed by atoms with Crippen molar-refractivity contribution in [3.8, 4) is 28.2 Å². The van der Waals surface area contributed by atoms with Gasteiger partial charge >= 0.3 is 0 Å². The summed E-state index contributed by atoms with van der Waals surface area (Å²) in [6.45, 7) is 15.2. The minimum atomic E-state index is -0.606. The number of aromatic nitrogens is 5. The fraction of sp³-hybridized carbons (Fsp3) is 0.214. The number of benzene rings is 3. The molecule has 0 saturated carbocycles. The van der Waals surface area contributed by atoms with Crippen molar-refractivity contribution in [3.05, 3.63) is 160 Å². The minimum absolute atomic E-state index is 0.0116. The molecule has 1 aliphatic rings. The lowest BCUT2D eigenvalue weighted by Gasteiger charge is -2.34. The molecule has 7 aromatic rings. The minimum Gasteiger partial charge on any atom is -0.295 e. The highest BCUT2D eigenvalue weighted by Crippen LogP contribution is 2.56. The molecular formula is C42H39N5. The number of imidazole rings is 1. The van der Waals surface area contributed by atoms with Gasteiger partial charge in [0.05, 0.1) is 33.9 Å². The van der Waals surface area contributed by atoms with E-state index in [4.69, 9.17) is 15.1 Å². The molecule has 0 saturated heterocycles. The van der Waals surface area contributed by atoms with Crippen molar-refractivity contribution in [2.75, 3.05) is 0 Å². The molecule has 0 fully saturated rings. The molecule has 5 nitrogen and oxygen atoms in total. The van der Waals surface area contributed by atoms with Gasteiger partial charge in [-0.15, -0.1) is 0 Å². The molecule has 4 aromatic heterocycles. The number of hydrogen-bond donors (Lipinski definition) is 0. The van der Waals surface area contributed by atoms with E-state index >= 15 is 0 Å². The van der Waals surface area contributed by atoms with Gasteiger partial charge in [0.15, 0.2) is 0 Å². The Labute approximate surface area is 276 Å². The quantitative estimate of drug-likeness (QED) is 0.199. The van der Waals surface area contributed by atoms with Gasteiger partial charge in [0.25, 0.3) is 0 Å².